The van der Waals surface area contributed by atoms with Crippen molar-refractivity contribution < 1.29 is 52.8 Å². The summed E-state index contributed by atoms with van der Waals surface area (Å²) in [6.45, 7) is 1.75. The number of hydrogen-bond acceptors (Lipinski definition) is 13. The van der Waals surface area contributed by atoms with E-state index < -0.39 is 52.3 Å². The molecular weight excluding hydrogens is 1140 g/mol. The van der Waals surface area contributed by atoms with Crippen LogP contribution in [-0.4, -0.2) is 118 Å². The Balaban J connectivity index is 0.000000227. The van der Waals surface area contributed by atoms with Gasteiger partial charge in [0.1, 0.15) is 20.0 Å². The molecule has 0 saturated carbocycles. The molecule has 4 heterocycles. The van der Waals surface area contributed by atoms with Gasteiger partial charge in [-0.1, -0.05) is 94.4 Å². The number of carbonyl (C=O) groups is 2. The molecule has 0 unspecified atom stereocenters. The highest BCUT2D eigenvalue weighted by molar-refractivity contribution is 8.13. The van der Waals surface area contributed by atoms with Crippen molar-refractivity contribution in [3.63, 3.8) is 0 Å². The van der Waals surface area contributed by atoms with Gasteiger partial charge in [-0.3, -0.25) is 9.59 Å². The maximum absolute atomic E-state index is 13.4. The summed E-state index contributed by atoms with van der Waals surface area (Å²) in [5, 5.41) is 23.8. The Kier molecular flexibility index (Phi) is 20.0. The fourth-order valence-electron chi connectivity index (χ4n) is 6.92. The van der Waals surface area contributed by atoms with Crippen LogP contribution in [0.4, 0.5) is 26.3 Å². The van der Waals surface area contributed by atoms with E-state index >= 15 is 0 Å². The Labute approximate surface area is 450 Å². The maximum atomic E-state index is 13.4. The Hall–Kier alpha value is -5.02. The fraction of sp³-hybridized carbons (Fsp3) is 0.261. The highest BCUT2D eigenvalue weighted by atomic mass is 35.7. The molecule has 74 heavy (non-hydrogen) atoms. The summed E-state index contributed by atoms with van der Waals surface area (Å²) in [5.41, 5.74) is 1.94. The maximum Gasteiger partial charge on any atom is 0.417 e. The molecule has 8 rings (SSSR count). The number of carbonyl (C=O) groups excluding carboxylic acids is 2. The molecule has 0 bridgehead atoms. The molecule has 28 heteroatoms. The number of rotatable bonds is 9. The standard InChI is InChI=1S/C23H20ClF3N4O3S2.C16H17ClN4OS.C7H4ClF3O2S.ClH/c1-30(2)22(32)16-8-7-15(13-18(16)24)21-29-28-20(35-21)14-9-11-31(12-10-14)36(33,34)19-6-4-3-5-17(19)23(25,26)27;1-21(2)16(22)12-4-3-11(9-13(12)17)15-20-19-14(23-15)10-5-7-18-8-6-10;8-14(12,13)6-4-2-1-3-5(6)7(9,10)11;/h3-9,13H,10-12H2,1-2H3;3-5,9,18H,6-8H2,1-2H3;1-4H;1H. The van der Waals surface area contributed by atoms with Crippen molar-refractivity contribution in [1.29, 1.82) is 0 Å². The van der Waals surface area contributed by atoms with Crippen molar-refractivity contribution in [3.05, 3.63) is 139 Å². The van der Waals surface area contributed by atoms with Crippen molar-refractivity contribution >= 4 is 111 Å². The van der Waals surface area contributed by atoms with E-state index in [0.717, 1.165) is 75.3 Å². The largest absolute Gasteiger partial charge is 0.417 e. The van der Waals surface area contributed by atoms with Crippen LogP contribution in [0.5, 0.6) is 0 Å². The summed E-state index contributed by atoms with van der Waals surface area (Å²) in [7, 11) is 2.79. The van der Waals surface area contributed by atoms with Gasteiger partial charge in [0.2, 0.25) is 10.0 Å². The first kappa shape index (κ1) is 59.9. The third kappa shape index (κ3) is 14.7. The van der Waals surface area contributed by atoms with E-state index in [1.54, 1.807) is 75.9 Å². The summed E-state index contributed by atoms with van der Waals surface area (Å²) in [5.74, 6) is -0.339. The second kappa shape index (κ2) is 24.8. The summed E-state index contributed by atoms with van der Waals surface area (Å²) in [6, 6.07) is 18.2. The zero-order valence-corrected chi connectivity index (χ0v) is 45.4. The summed E-state index contributed by atoms with van der Waals surface area (Å²) < 4.78 is 125. The monoisotopic (exact) mass is 1180 g/mol. The predicted octanol–water partition coefficient (Wildman–Crippen LogP) is 11.0. The minimum atomic E-state index is -4.79. The van der Waals surface area contributed by atoms with Crippen LogP contribution in [0.2, 0.25) is 10.0 Å². The molecular formula is C46H42Cl4F6N8O6S4. The zero-order valence-electron chi connectivity index (χ0n) is 39.0. The predicted molar refractivity (Wildman–Crippen MR) is 277 cm³/mol. The van der Waals surface area contributed by atoms with E-state index in [9.17, 15) is 52.8 Å². The van der Waals surface area contributed by atoms with Gasteiger partial charge in [-0.05, 0) is 79.1 Å². The van der Waals surface area contributed by atoms with Crippen molar-refractivity contribution in [3.8, 4) is 21.1 Å². The Morgan fingerprint density at radius 1 is 0.635 bits per heavy atom. The molecule has 4 aromatic carbocycles. The van der Waals surface area contributed by atoms with Crippen LogP contribution in [0.3, 0.4) is 0 Å². The van der Waals surface area contributed by atoms with Gasteiger partial charge in [0, 0.05) is 69.6 Å². The van der Waals surface area contributed by atoms with Crippen LogP contribution >= 0.6 is 69.0 Å². The number of halogens is 10. The number of sulfonamides is 1. The Bertz CT molecular complexity index is 3320. The van der Waals surface area contributed by atoms with Crippen LogP contribution < -0.4 is 5.32 Å². The highest BCUT2D eigenvalue weighted by Crippen LogP contribution is 2.39. The van der Waals surface area contributed by atoms with Gasteiger partial charge < -0.3 is 15.1 Å². The van der Waals surface area contributed by atoms with Gasteiger partial charge in [0.05, 0.1) is 42.1 Å². The van der Waals surface area contributed by atoms with Crippen molar-refractivity contribution in [2.24, 2.45) is 0 Å². The number of nitrogens with one attached hydrogen (secondary N) is 1. The molecule has 396 valence electrons. The van der Waals surface area contributed by atoms with Gasteiger partial charge in [-0.25, -0.2) is 16.8 Å². The van der Waals surface area contributed by atoms with Gasteiger partial charge in [-0.15, -0.1) is 32.8 Å². The molecule has 0 radical (unpaired) electrons. The Morgan fingerprint density at radius 3 is 1.45 bits per heavy atom. The minimum Gasteiger partial charge on any atom is -0.345 e. The first-order chi connectivity index (χ1) is 34.2. The minimum absolute atomic E-state index is 0. The van der Waals surface area contributed by atoms with Crippen LogP contribution in [0.15, 0.2) is 107 Å². The lowest BCUT2D eigenvalue weighted by molar-refractivity contribution is -0.140. The zero-order chi connectivity index (χ0) is 53.6. The lowest BCUT2D eigenvalue weighted by Gasteiger charge is -2.26. The Morgan fingerprint density at radius 2 is 1.07 bits per heavy atom. The molecule has 0 fully saturated rings. The SMILES string of the molecule is CN(C)C(=O)c1ccc(-c2nnc(C3=CCN(S(=O)(=O)c4ccccc4C(F)(F)F)CC3)s2)cc1Cl.CN(C)C(=O)c1ccc(-c2nnc(C3=CCNCC3)s2)cc1Cl.Cl.O=S(=O)(Cl)c1ccccc1C(F)(F)F. The molecule has 2 aromatic heterocycles. The van der Waals surface area contributed by atoms with Gasteiger partial charge in [0.15, 0.2) is 0 Å². The molecule has 0 spiro atoms. The molecule has 6 aromatic rings. The van der Waals surface area contributed by atoms with E-state index in [2.05, 4.69) is 31.8 Å². The average molecular weight is 1190 g/mol. The van der Waals surface area contributed by atoms with Crippen LogP contribution in [0.1, 0.15) is 54.7 Å². The van der Waals surface area contributed by atoms with Gasteiger partial charge in [-0.2, -0.15) is 30.6 Å². The second-order valence-electron chi connectivity index (χ2n) is 16.1. The smallest absolute Gasteiger partial charge is 0.345 e. The highest BCUT2D eigenvalue weighted by Gasteiger charge is 2.39. The van der Waals surface area contributed by atoms with Crippen LogP contribution in [0, 0.1) is 0 Å². The first-order valence-electron chi connectivity index (χ1n) is 21.3. The third-order valence-corrected chi connectivity index (χ3v) is 16.6. The van der Waals surface area contributed by atoms with Gasteiger partial charge in [0.25, 0.3) is 20.9 Å². The van der Waals surface area contributed by atoms with Crippen molar-refractivity contribution in [2.75, 3.05) is 54.4 Å². The number of hydrogen-bond donors (Lipinski definition) is 1. The molecule has 0 atom stereocenters. The quantitative estimate of drug-likeness (QED) is 0.108. The van der Waals surface area contributed by atoms with Crippen LogP contribution in [-0.2, 0) is 31.4 Å². The molecule has 0 saturated heterocycles. The average Bonchev–Trinajstić information content (AvgIpc) is 4.06. The molecule has 14 nitrogen and oxygen atoms in total. The molecule has 2 aliphatic rings. The normalized spacial score (nSPS) is 14.2. The third-order valence-electron chi connectivity index (χ3n) is 10.6. The fourth-order valence-corrected chi connectivity index (χ4v) is 11.9. The number of nitrogens with zero attached hydrogens (tertiary/aromatic N) is 7. The van der Waals surface area contributed by atoms with E-state index in [1.807, 2.05) is 6.07 Å². The van der Waals surface area contributed by atoms with Crippen molar-refractivity contribution in [2.45, 2.75) is 35.0 Å². The summed E-state index contributed by atoms with van der Waals surface area (Å²) in [4.78, 5) is 25.5. The van der Waals surface area contributed by atoms with E-state index in [1.165, 1.54) is 38.8 Å². The topological polar surface area (TPSA) is 176 Å². The number of amides is 2. The van der Waals surface area contributed by atoms with E-state index in [0.29, 0.717) is 37.8 Å². The molecule has 1 N–H and O–H groups in total. The van der Waals surface area contributed by atoms with E-state index in [-0.39, 0.29) is 48.8 Å². The second-order valence-corrected chi connectivity index (χ2v) is 23.3. The first-order valence-corrected chi connectivity index (χ1v) is 27.4. The lowest BCUT2D eigenvalue weighted by Crippen LogP contribution is -2.35. The summed E-state index contributed by atoms with van der Waals surface area (Å²) in [6.07, 6.45) is -4.50. The lowest BCUT2D eigenvalue weighted by atomic mass is 10.1. The van der Waals surface area contributed by atoms with Gasteiger partial charge >= 0.3 is 12.4 Å². The number of alkyl halides is 6. The van der Waals surface area contributed by atoms with Crippen LogP contribution in [0.25, 0.3) is 32.3 Å². The van der Waals surface area contributed by atoms with E-state index in [4.69, 9.17) is 33.9 Å². The number of aromatic nitrogens is 4. The number of benzene rings is 4. The molecule has 2 aliphatic heterocycles. The summed E-state index contributed by atoms with van der Waals surface area (Å²) >= 11 is 15.4. The molecule has 0 aliphatic carbocycles. The van der Waals surface area contributed by atoms with Crippen molar-refractivity contribution in [1.82, 2.24) is 39.8 Å². The molecule has 2 amide bonds.